The number of rotatable bonds is 15. The second-order valence-corrected chi connectivity index (χ2v) is 15.7. The first kappa shape index (κ1) is 46.3. The second kappa shape index (κ2) is 21.2. The Morgan fingerprint density at radius 2 is 1.45 bits per heavy atom. The van der Waals surface area contributed by atoms with Crippen LogP contribution in [0.3, 0.4) is 0 Å². The lowest BCUT2D eigenvalue weighted by Crippen LogP contribution is -2.56. The standard InChI is InChI=1S/C47H56N6O9/c1-5-6-9-29-11-14-31(15-12-29)32-16-18-33(19-17-32)44(58)49-27(2)42(56)51-37(10-7-8-23-48)46(60)53(4)41-34-20-22-40(55)36(26-34)35-24-30(13-21-39(35)54)25-38(47(61)62)52-43(57)28(3)50-45(41)59/h11-22,24,26-28,37-38,41,54-55H,5-10,23,25,48H2,1-4H3,(H,49,58)(H,50,59)(H,51,56)(H,52,57)(H,61,62)/t27-,28+,37+,38+,41+/m1/s1. The highest BCUT2D eigenvalue weighted by Gasteiger charge is 2.36. The number of carboxylic acid groups (broad SMARTS) is 1. The SMILES string of the molecule is CCCCc1ccc(-c2ccc(C(=O)N[C@H](C)C(=O)N[C@@H](CCCCN)C(=O)N(C)[C@@H]3C(=O)N[C@@H](C)C(=O)N[C@H](C(=O)O)Cc4ccc(O)c(c4)-c4cc3ccc4O)cc2)cc1. The van der Waals surface area contributed by atoms with Crippen molar-refractivity contribution in [3.63, 3.8) is 0 Å². The van der Waals surface area contributed by atoms with E-state index in [4.69, 9.17) is 5.73 Å². The maximum absolute atomic E-state index is 14.5. The number of aromatic hydroxyl groups is 2. The number of carbonyl (C=O) groups excluding carboxylic acids is 5. The van der Waals surface area contributed by atoms with Gasteiger partial charge in [-0.15, -0.1) is 0 Å². The summed E-state index contributed by atoms with van der Waals surface area (Å²) >= 11 is 0. The highest BCUT2D eigenvalue weighted by Crippen LogP contribution is 2.39. The van der Waals surface area contributed by atoms with Crippen molar-refractivity contribution < 1.29 is 44.1 Å². The normalized spacial score (nSPS) is 17.3. The summed E-state index contributed by atoms with van der Waals surface area (Å²) < 4.78 is 0. The monoisotopic (exact) mass is 848 g/mol. The van der Waals surface area contributed by atoms with Crippen LogP contribution in [0.5, 0.6) is 11.5 Å². The topological polar surface area (TPSA) is 240 Å². The summed E-state index contributed by atoms with van der Waals surface area (Å²) in [6, 6.07) is 17.3. The van der Waals surface area contributed by atoms with Gasteiger partial charge in [0, 0.05) is 30.2 Å². The minimum Gasteiger partial charge on any atom is -0.507 e. The molecular formula is C47H56N6O9. The highest BCUT2D eigenvalue weighted by atomic mass is 16.4. The van der Waals surface area contributed by atoms with E-state index in [0.29, 0.717) is 30.5 Å². The molecule has 0 aromatic heterocycles. The fourth-order valence-electron chi connectivity index (χ4n) is 7.33. The molecule has 5 rings (SSSR count). The van der Waals surface area contributed by atoms with Crippen LogP contribution in [0.4, 0.5) is 0 Å². The Morgan fingerprint density at radius 1 is 0.823 bits per heavy atom. The number of phenolic OH excluding ortho intramolecular Hbond substituents is 2. The van der Waals surface area contributed by atoms with Crippen molar-refractivity contribution in [2.24, 2.45) is 5.73 Å². The third kappa shape index (κ3) is 11.5. The molecule has 0 spiro atoms. The Morgan fingerprint density at radius 3 is 2.08 bits per heavy atom. The van der Waals surface area contributed by atoms with E-state index in [2.05, 4.69) is 52.5 Å². The van der Waals surface area contributed by atoms with Crippen molar-refractivity contribution in [1.29, 1.82) is 0 Å². The van der Waals surface area contributed by atoms with E-state index < -0.39 is 65.7 Å². The fraction of sp³-hybridized carbons (Fsp3) is 0.362. The Labute approximate surface area is 361 Å². The molecule has 0 aliphatic carbocycles. The summed E-state index contributed by atoms with van der Waals surface area (Å²) in [6.07, 6.45) is 4.15. The highest BCUT2D eigenvalue weighted by molar-refractivity contribution is 5.99. The first-order valence-electron chi connectivity index (χ1n) is 20.9. The summed E-state index contributed by atoms with van der Waals surface area (Å²) in [5, 5.41) is 42.2. The zero-order valence-corrected chi connectivity index (χ0v) is 35.4. The molecule has 4 aromatic carbocycles. The van der Waals surface area contributed by atoms with E-state index in [0.717, 1.165) is 35.3 Å². The maximum Gasteiger partial charge on any atom is 0.326 e. The van der Waals surface area contributed by atoms with Gasteiger partial charge in [0.1, 0.15) is 41.7 Å². The molecule has 328 valence electrons. The van der Waals surface area contributed by atoms with Gasteiger partial charge in [-0.2, -0.15) is 0 Å². The second-order valence-electron chi connectivity index (χ2n) is 15.7. The van der Waals surface area contributed by atoms with Crippen LogP contribution in [0.25, 0.3) is 22.3 Å². The fourth-order valence-corrected chi connectivity index (χ4v) is 7.33. The first-order chi connectivity index (χ1) is 29.6. The van der Waals surface area contributed by atoms with Crippen LogP contribution in [-0.4, -0.2) is 93.5 Å². The van der Waals surface area contributed by atoms with Crippen molar-refractivity contribution in [3.8, 4) is 33.8 Å². The molecule has 0 radical (unpaired) electrons. The largest absolute Gasteiger partial charge is 0.507 e. The number of hydrogen-bond acceptors (Lipinski definition) is 9. The van der Waals surface area contributed by atoms with Crippen molar-refractivity contribution in [2.45, 2.75) is 95.9 Å². The number of unbranched alkanes of at least 4 members (excludes halogenated alkanes) is 2. The molecule has 0 fully saturated rings. The molecule has 5 amide bonds. The minimum absolute atomic E-state index is 0.0879. The predicted octanol–water partition coefficient (Wildman–Crippen LogP) is 4.34. The molecule has 0 saturated heterocycles. The van der Waals surface area contributed by atoms with Crippen LogP contribution in [0.2, 0.25) is 0 Å². The van der Waals surface area contributed by atoms with Crippen LogP contribution in [0.15, 0.2) is 84.9 Å². The molecule has 1 heterocycles. The zero-order chi connectivity index (χ0) is 45.1. The molecule has 0 unspecified atom stereocenters. The van der Waals surface area contributed by atoms with Gasteiger partial charge < -0.3 is 47.2 Å². The summed E-state index contributed by atoms with van der Waals surface area (Å²) in [5.41, 5.74) is 10.1. The molecule has 1 aliphatic rings. The minimum atomic E-state index is -1.46. The molecule has 62 heavy (non-hydrogen) atoms. The average Bonchev–Trinajstić information content (AvgIpc) is 3.25. The summed E-state index contributed by atoms with van der Waals surface area (Å²) in [6.45, 7) is 5.33. The van der Waals surface area contributed by atoms with Gasteiger partial charge in [0.2, 0.25) is 23.6 Å². The van der Waals surface area contributed by atoms with Gasteiger partial charge in [-0.25, -0.2) is 4.79 Å². The van der Waals surface area contributed by atoms with Gasteiger partial charge >= 0.3 is 5.97 Å². The van der Waals surface area contributed by atoms with E-state index in [1.165, 1.54) is 62.9 Å². The third-order valence-corrected chi connectivity index (χ3v) is 11.0. The van der Waals surface area contributed by atoms with Crippen LogP contribution in [-0.2, 0) is 36.8 Å². The molecule has 0 saturated carbocycles. The van der Waals surface area contributed by atoms with E-state index >= 15 is 0 Å². The van der Waals surface area contributed by atoms with Crippen LogP contribution in [0, 0.1) is 0 Å². The lowest BCUT2D eigenvalue weighted by molar-refractivity contribution is -0.144. The van der Waals surface area contributed by atoms with Gasteiger partial charge in [-0.05, 0) is 117 Å². The number of hydrogen-bond donors (Lipinski definition) is 8. The van der Waals surface area contributed by atoms with Gasteiger partial charge in [0.05, 0.1) is 0 Å². The van der Waals surface area contributed by atoms with E-state index in [1.807, 2.05) is 12.1 Å². The van der Waals surface area contributed by atoms with Gasteiger partial charge in [-0.1, -0.05) is 61.9 Å². The Kier molecular flexibility index (Phi) is 15.8. The van der Waals surface area contributed by atoms with Crippen LogP contribution < -0.4 is 27.0 Å². The molecule has 15 heteroatoms. The molecule has 15 nitrogen and oxygen atoms in total. The lowest BCUT2D eigenvalue weighted by Gasteiger charge is -2.33. The molecule has 1 aliphatic heterocycles. The summed E-state index contributed by atoms with van der Waals surface area (Å²) in [5.74, 6) is -5.34. The molecule has 4 bridgehead atoms. The Balaban J connectivity index is 1.38. The number of amides is 5. The van der Waals surface area contributed by atoms with Crippen molar-refractivity contribution in [3.05, 3.63) is 107 Å². The molecular weight excluding hydrogens is 793 g/mol. The number of nitrogens with one attached hydrogen (secondary N) is 4. The van der Waals surface area contributed by atoms with Crippen molar-refractivity contribution in [1.82, 2.24) is 26.2 Å². The molecule has 9 N–H and O–H groups in total. The number of aryl methyl sites for hydroxylation is 1. The average molecular weight is 849 g/mol. The Bertz CT molecular complexity index is 2260. The maximum atomic E-state index is 14.5. The Hall–Kier alpha value is -6.74. The number of fused-ring (bicyclic) bond motifs is 5. The smallest absolute Gasteiger partial charge is 0.326 e. The van der Waals surface area contributed by atoms with Crippen molar-refractivity contribution >= 4 is 35.5 Å². The zero-order valence-electron chi connectivity index (χ0n) is 35.4. The van der Waals surface area contributed by atoms with Gasteiger partial charge in [0.15, 0.2) is 0 Å². The third-order valence-electron chi connectivity index (χ3n) is 11.0. The number of nitrogens with two attached hydrogens (primary N) is 1. The van der Waals surface area contributed by atoms with Gasteiger partial charge in [0.25, 0.3) is 5.91 Å². The van der Waals surface area contributed by atoms with E-state index in [1.54, 1.807) is 12.1 Å². The van der Waals surface area contributed by atoms with Gasteiger partial charge in [-0.3, -0.25) is 24.0 Å². The lowest BCUT2D eigenvalue weighted by atomic mass is 9.93. The number of phenols is 2. The number of carbonyl (C=O) groups is 6. The molecule has 5 atom stereocenters. The number of likely N-dealkylation sites (N-methyl/N-ethyl adjacent to an activating group) is 1. The quantitative estimate of drug-likeness (QED) is 0.0788. The van der Waals surface area contributed by atoms with Crippen LogP contribution >= 0.6 is 0 Å². The number of aliphatic carboxylic acids is 1. The number of benzene rings is 4. The summed E-state index contributed by atoms with van der Waals surface area (Å²) in [7, 11) is 1.35. The van der Waals surface area contributed by atoms with Crippen molar-refractivity contribution in [2.75, 3.05) is 13.6 Å². The van der Waals surface area contributed by atoms with E-state index in [9.17, 15) is 44.1 Å². The summed E-state index contributed by atoms with van der Waals surface area (Å²) in [4.78, 5) is 82.2. The predicted molar refractivity (Wildman–Crippen MR) is 234 cm³/mol. The van der Waals surface area contributed by atoms with Crippen LogP contribution in [0.1, 0.15) is 86.0 Å². The first-order valence-corrected chi connectivity index (χ1v) is 20.9. The molecule has 4 aromatic rings. The number of nitrogens with zero attached hydrogens (tertiary/aromatic N) is 1. The number of carboxylic acids is 1. The van der Waals surface area contributed by atoms with E-state index in [-0.39, 0.29) is 41.0 Å².